The van der Waals surface area contributed by atoms with Gasteiger partial charge < -0.3 is 15.5 Å². The van der Waals surface area contributed by atoms with Crippen LogP contribution in [0.15, 0.2) is 45.5 Å². The molecule has 0 saturated carbocycles. The minimum Gasteiger partial charge on any atom is -0.461 e. The number of carbonyl (C=O) groups is 2. The van der Waals surface area contributed by atoms with Gasteiger partial charge in [0.1, 0.15) is 0 Å². The Morgan fingerprint density at radius 2 is 1.97 bits per heavy atom. The van der Waals surface area contributed by atoms with Crippen LogP contribution in [-0.2, 0) is 16.1 Å². The van der Waals surface area contributed by atoms with Gasteiger partial charge in [0.2, 0.25) is 11.8 Å². The quantitative estimate of drug-likeness (QED) is 0.332. The average Bonchev–Trinajstić information content (AvgIpc) is 3.54. The van der Waals surface area contributed by atoms with Crippen LogP contribution >= 0.6 is 23.1 Å². The van der Waals surface area contributed by atoms with E-state index in [1.807, 2.05) is 5.38 Å². The normalized spacial score (nSPS) is 11.0. The molecule has 0 saturated heterocycles. The Hall–Kier alpha value is -3.44. The van der Waals surface area contributed by atoms with Crippen molar-refractivity contribution < 1.29 is 14.0 Å². The zero-order chi connectivity index (χ0) is 24.2. The van der Waals surface area contributed by atoms with E-state index in [1.54, 1.807) is 16.7 Å². The lowest BCUT2D eigenvalue weighted by Crippen LogP contribution is -2.16. The number of hydrogen-bond donors (Lipinski definition) is 2. The largest absolute Gasteiger partial charge is 0.461 e. The van der Waals surface area contributed by atoms with E-state index >= 15 is 0 Å². The molecule has 3 aromatic heterocycles. The van der Waals surface area contributed by atoms with Crippen LogP contribution in [0.1, 0.15) is 23.1 Å². The van der Waals surface area contributed by atoms with E-state index in [-0.39, 0.29) is 24.6 Å². The van der Waals surface area contributed by atoms with Gasteiger partial charge in [-0.25, -0.2) is 4.98 Å². The lowest BCUT2D eigenvalue weighted by atomic mass is 9.99. The highest BCUT2D eigenvalue weighted by Crippen LogP contribution is 2.30. The number of rotatable bonds is 9. The number of amides is 2. The second-order valence-electron chi connectivity index (χ2n) is 7.78. The lowest BCUT2D eigenvalue weighted by molar-refractivity contribution is -0.118. The molecule has 0 atom stereocenters. The van der Waals surface area contributed by atoms with Gasteiger partial charge >= 0.3 is 0 Å². The first-order valence-electron chi connectivity index (χ1n) is 10.5. The molecule has 0 unspecified atom stereocenters. The summed E-state index contributed by atoms with van der Waals surface area (Å²) in [7, 11) is 0. The monoisotopic (exact) mass is 496 g/mol. The van der Waals surface area contributed by atoms with Crippen LogP contribution in [0.4, 0.5) is 5.13 Å². The van der Waals surface area contributed by atoms with Gasteiger partial charge in [-0.05, 0) is 55.7 Å². The van der Waals surface area contributed by atoms with Gasteiger partial charge in [-0.2, -0.15) is 0 Å². The fourth-order valence-electron chi connectivity index (χ4n) is 3.38. The molecule has 0 bridgehead atoms. The molecule has 34 heavy (non-hydrogen) atoms. The maximum Gasteiger partial charge on any atom is 0.236 e. The van der Waals surface area contributed by atoms with Crippen molar-refractivity contribution in [3.8, 4) is 22.8 Å². The number of thioether (sulfide) groups is 1. The number of nitrogens with zero attached hydrogens (tertiary/aromatic N) is 4. The van der Waals surface area contributed by atoms with E-state index in [2.05, 4.69) is 53.4 Å². The number of benzene rings is 1. The molecule has 4 rings (SSSR count). The van der Waals surface area contributed by atoms with Gasteiger partial charge in [0.15, 0.2) is 21.9 Å². The predicted molar refractivity (Wildman–Crippen MR) is 133 cm³/mol. The summed E-state index contributed by atoms with van der Waals surface area (Å²) in [6.07, 6.45) is 1.65. The van der Waals surface area contributed by atoms with Gasteiger partial charge in [-0.3, -0.25) is 14.2 Å². The summed E-state index contributed by atoms with van der Waals surface area (Å²) in [6, 6.07) is 7.76. The van der Waals surface area contributed by atoms with Crippen molar-refractivity contribution in [2.24, 2.45) is 5.73 Å². The Morgan fingerprint density at radius 3 is 2.71 bits per heavy atom. The van der Waals surface area contributed by atoms with Crippen LogP contribution in [0, 0.1) is 20.8 Å². The molecule has 0 aliphatic rings. The lowest BCUT2D eigenvalue weighted by Gasteiger charge is -2.08. The summed E-state index contributed by atoms with van der Waals surface area (Å²) in [4.78, 5) is 28.5. The van der Waals surface area contributed by atoms with E-state index in [9.17, 15) is 9.59 Å². The third-order valence-electron chi connectivity index (χ3n) is 5.24. The molecule has 11 heteroatoms. The van der Waals surface area contributed by atoms with Crippen molar-refractivity contribution in [3.63, 3.8) is 0 Å². The smallest absolute Gasteiger partial charge is 0.236 e. The molecular weight excluding hydrogens is 472 g/mol. The first kappa shape index (κ1) is 23.7. The number of carbonyl (C=O) groups excluding carboxylic acids is 2. The van der Waals surface area contributed by atoms with Gasteiger partial charge in [-0.15, -0.1) is 21.5 Å². The number of nitrogens with one attached hydrogen (secondary N) is 1. The van der Waals surface area contributed by atoms with Crippen LogP contribution in [-0.4, -0.2) is 37.3 Å². The third kappa shape index (κ3) is 5.37. The van der Waals surface area contributed by atoms with E-state index in [0.29, 0.717) is 21.9 Å². The second kappa shape index (κ2) is 10.2. The molecule has 0 fully saturated rings. The van der Waals surface area contributed by atoms with E-state index in [0.717, 1.165) is 16.8 Å². The molecule has 0 aliphatic heterocycles. The Bertz CT molecular complexity index is 1330. The number of thiazole rings is 1. The Labute approximate surface area is 204 Å². The number of anilines is 1. The second-order valence-corrected chi connectivity index (χ2v) is 9.58. The van der Waals surface area contributed by atoms with Gasteiger partial charge in [0.25, 0.3) is 0 Å². The summed E-state index contributed by atoms with van der Waals surface area (Å²) in [5.41, 5.74) is 10.8. The highest BCUT2D eigenvalue weighted by Gasteiger charge is 2.18. The molecule has 4 aromatic rings. The minimum atomic E-state index is -0.439. The van der Waals surface area contributed by atoms with Crippen molar-refractivity contribution >= 4 is 40.0 Å². The Balaban J connectivity index is 1.43. The zero-order valence-corrected chi connectivity index (χ0v) is 20.6. The van der Waals surface area contributed by atoms with E-state index < -0.39 is 5.91 Å². The highest BCUT2D eigenvalue weighted by molar-refractivity contribution is 7.99. The van der Waals surface area contributed by atoms with E-state index in [4.69, 9.17) is 10.2 Å². The van der Waals surface area contributed by atoms with E-state index in [1.165, 1.54) is 40.5 Å². The van der Waals surface area contributed by atoms with Crippen LogP contribution in [0.25, 0.3) is 22.8 Å². The molecule has 0 radical (unpaired) electrons. The van der Waals surface area contributed by atoms with Crippen LogP contribution in [0.3, 0.4) is 0 Å². The maximum atomic E-state index is 12.6. The number of aromatic nitrogens is 4. The van der Waals surface area contributed by atoms with Crippen LogP contribution in [0.2, 0.25) is 0 Å². The Morgan fingerprint density at radius 1 is 1.18 bits per heavy atom. The number of nitrogens with two attached hydrogens (primary N) is 1. The van der Waals surface area contributed by atoms with Gasteiger partial charge in [0, 0.05) is 23.9 Å². The summed E-state index contributed by atoms with van der Waals surface area (Å²) in [6.45, 7) is 6.50. The first-order valence-corrected chi connectivity index (χ1v) is 12.4. The zero-order valence-electron chi connectivity index (χ0n) is 19.0. The van der Waals surface area contributed by atoms with Crippen LogP contribution < -0.4 is 11.1 Å². The standard InChI is InChI=1S/C23H24N6O3S2/c1-13-9-15(3)16(10-14(13)2)17-11-33-22(25-17)26-20(31)12-34-23-28-27-21(18-5-4-8-32-18)29(23)7-6-19(24)30/h4-5,8-11H,6-7,12H2,1-3H3,(H2,24,30)(H,25,26,31). The van der Waals surface area contributed by atoms with Gasteiger partial charge in [-0.1, -0.05) is 17.8 Å². The Kier molecular flexibility index (Phi) is 7.13. The fourth-order valence-corrected chi connectivity index (χ4v) is 4.88. The molecule has 2 amide bonds. The predicted octanol–water partition coefficient (Wildman–Crippen LogP) is 4.19. The average molecular weight is 497 g/mol. The van der Waals surface area contributed by atoms with Crippen molar-refractivity contribution in [1.82, 2.24) is 19.7 Å². The summed E-state index contributed by atoms with van der Waals surface area (Å²) in [5.74, 6) is 0.440. The molecule has 3 N–H and O–H groups in total. The third-order valence-corrected chi connectivity index (χ3v) is 6.96. The molecule has 0 aliphatic carbocycles. The van der Waals surface area contributed by atoms with Crippen molar-refractivity contribution in [2.75, 3.05) is 11.1 Å². The number of hydrogen-bond acceptors (Lipinski definition) is 8. The molecule has 3 heterocycles. The van der Waals surface area contributed by atoms with Crippen molar-refractivity contribution in [1.29, 1.82) is 0 Å². The van der Waals surface area contributed by atoms with Crippen molar-refractivity contribution in [2.45, 2.75) is 38.9 Å². The summed E-state index contributed by atoms with van der Waals surface area (Å²) < 4.78 is 7.14. The highest BCUT2D eigenvalue weighted by atomic mass is 32.2. The first-order chi connectivity index (χ1) is 16.3. The molecule has 9 nitrogen and oxygen atoms in total. The van der Waals surface area contributed by atoms with Crippen LogP contribution in [0.5, 0.6) is 0 Å². The number of furan rings is 1. The SMILES string of the molecule is Cc1cc(C)c(-c2csc(NC(=O)CSc3nnc(-c4ccco4)n3CCC(N)=O)n2)cc1C. The minimum absolute atomic E-state index is 0.102. The molecule has 176 valence electrons. The van der Waals surface area contributed by atoms with Crippen molar-refractivity contribution in [3.05, 3.63) is 52.6 Å². The number of aryl methyl sites for hydroxylation is 3. The van der Waals surface area contributed by atoms with Gasteiger partial charge in [0.05, 0.1) is 17.7 Å². The maximum absolute atomic E-state index is 12.6. The number of primary amides is 1. The molecule has 1 aromatic carbocycles. The summed E-state index contributed by atoms with van der Waals surface area (Å²) >= 11 is 2.59. The molecular formula is C23H24N6O3S2. The topological polar surface area (TPSA) is 129 Å². The summed E-state index contributed by atoms with van der Waals surface area (Å²) in [5, 5.41) is 14.1. The molecule has 0 spiro atoms. The fraction of sp³-hybridized carbons (Fsp3) is 0.261.